The number of hydrogen-bond donors (Lipinski definition) is 1. The van der Waals surface area contributed by atoms with Crippen molar-refractivity contribution < 1.29 is 23.4 Å². The molecule has 1 spiro atoms. The third-order valence-electron chi connectivity index (χ3n) is 7.42. The van der Waals surface area contributed by atoms with Crippen molar-refractivity contribution in [1.82, 2.24) is 19.3 Å². The lowest BCUT2D eigenvalue weighted by Crippen LogP contribution is -2.51. The number of hydrogen-bond acceptors (Lipinski definition) is 6. The summed E-state index contributed by atoms with van der Waals surface area (Å²) in [5, 5.41) is 9.71. The molecule has 1 unspecified atom stereocenters. The smallest absolute Gasteiger partial charge is 0.387 e. The second kappa shape index (κ2) is 8.39. The second-order valence-electron chi connectivity index (χ2n) is 9.69. The molecule has 0 amide bonds. The van der Waals surface area contributed by atoms with Gasteiger partial charge < -0.3 is 14.7 Å². The van der Waals surface area contributed by atoms with Gasteiger partial charge in [-0.05, 0) is 30.2 Å². The maximum atomic E-state index is 12.9. The number of carboxylic acid groups (broad SMARTS) is 1. The van der Waals surface area contributed by atoms with E-state index in [1.165, 1.54) is 10.7 Å². The number of aliphatic carboxylic acids is 1. The molecule has 2 aliphatic rings. The maximum absolute atomic E-state index is 12.9. The number of anilines is 1. The summed E-state index contributed by atoms with van der Waals surface area (Å²) in [7, 11) is 1.63. The van der Waals surface area contributed by atoms with Gasteiger partial charge in [0.15, 0.2) is 0 Å². The Balaban J connectivity index is 1.28. The van der Waals surface area contributed by atoms with E-state index in [4.69, 9.17) is 0 Å². The number of aromatic nitrogens is 4. The Kier molecular flexibility index (Phi) is 5.25. The number of benzene rings is 2. The van der Waals surface area contributed by atoms with E-state index >= 15 is 0 Å². The van der Waals surface area contributed by atoms with Crippen molar-refractivity contribution >= 4 is 22.8 Å². The van der Waals surface area contributed by atoms with Gasteiger partial charge in [-0.1, -0.05) is 24.3 Å². The van der Waals surface area contributed by atoms with E-state index in [-0.39, 0.29) is 29.2 Å². The first kappa shape index (κ1) is 23.1. The molecule has 2 fully saturated rings. The summed E-state index contributed by atoms with van der Waals surface area (Å²) < 4.78 is 33.6. The molecule has 0 radical (unpaired) electrons. The van der Waals surface area contributed by atoms with Gasteiger partial charge in [-0.3, -0.25) is 19.0 Å². The van der Waals surface area contributed by atoms with Gasteiger partial charge in [0.1, 0.15) is 5.75 Å². The molecule has 4 aromatic rings. The number of nitrogens with zero attached hydrogens (tertiary/aromatic N) is 5. The van der Waals surface area contributed by atoms with Crippen molar-refractivity contribution in [3.05, 3.63) is 70.8 Å². The third kappa shape index (κ3) is 3.90. The second-order valence-corrected chi connectivity index (χ2v) is 9.69. The zero-order valence-corrected chi connectivity index (χ0v) is 19.8. The van der Waals surface area contributed by atoms with Crippen LogP contribution in [-0.4, -0.2) is 50.1 Å². The van der Waals surface area contributed by atoms with Crippen LogP contribution in [0.1, 0.15) is 12.0 Å². The molecule has 6 rings (SSSR count). The lowest BCUT2D eigenvalue weighted by Gasteiger charge is -2.40. The topological polar surface area (TPSA) is 102 Å². The van der Waals surface area contributed by atoms with E-state index in [2.05, 4.69) is 14.7 Å². The van der Waals surface area contributed by atoms with Crippen molar-refractivity contribution in [1.29, 1.82) is 0 Å². The fourth-order valence-electron chi connectivity index (χ4n) is 5.28. The molecule has 37 heavy (non-hydrogen) atoms. The molecule has 1 aliphatic heterocycles. The molecule has 9 nitrogen and oxygen atoms in total. The summed E-state index contributed by atoms with van der Waals surface area (Å²) in [4.78, 5) is 35.0. The van der Waals surface area contributed by atoms with Crippen LogP contribution in [0.15, 0.2) is 59.7 Å². The van der Waals surface area contributed by atoms with E-state index in [0.717, 1.165) is 11.1 Å². The van der Waals surface area contributed by atoms with E-state index in [1.54, 1.807) is 48.4 Å². The number of para-hydroxylation sites is 1. The van der Waals surface area contributed by atoms with Crippen LogP contribution in [-0.2, 0) is 18.4 Å². The average molecular weight is 507 g/mol. The molecule has 190 valence electrons. The first-order valence-electron chi connectivity index (χ1n) is 11.8. The summed E-state index contributed by atoms with van der Waals surface area (Å²) >= 11 is 0. The predicted octanol–water partition coefficient (Wildman–Crippen LogP) is 3.36. The van der Waals surface area contributed by atoms with E-state index in [9.17, 15) is 23.5 Å². The van der Waals surface area contributed by atoms with Crippen LogP contribution in [0.25, 0.3) is 22.0 Å². The Bertz CT molecular complexity index is 1570. The molecule has 2 aromatic carbocycles. The van der Waals surface area contributed by atoms with Crippen LogP contribution >= 0.6 is 0 Å². The predicted molar refractivity (Wildman–Crippen MR) is 131 cm³/mol. The molecule has 1 atom stereocenters. The number of ether oxygens (including phenoxy) is 1. The summed E-state index contributed by atoms with van der Waals surface area (Å²) in [5.41, 5.74) is 2.37. The molecular weight excluding hydrogens is 484 g/mol. The lowest BCUT2D eigenvalue weighted by molar-refractivity contribution is -0.139. The fourth-order valence-corrected chi connectivity index (χ4v) is 5.28. The number of halogens is 2. The number of alkyl halides is 2. The Morgan fingerprint density at radius 3 is 2.57 bits per heavy atom. The van der Waals surface area contributed by atoms with Gasteiger partial charge >= 0.3 is 12.6 Å². The molecular formula is C26H23F2N5O4. The van der Waals surface area contributed by atoms with Crippen LogP contribution in [0.4, 0.5) is 14.7 Å². The highest BCUT2D eigenvalue weighted by Crippen LogP contribution is 2.59. The summed E-state index contributed by atoms with van der Waals surface area (Å²) in [6.45, 7) is -1.51. The summed E-state index contributed by atoms with van der Waals surface area (Å²) in [6, 6.07) is 11.9. The highest BCUT2D eigenvalue weighted by molar-refractivity contribution is 5.84. The summed E-state index contributed by atoms with van der Waals surface area (Å²) in [5.74, 6) is -0.401. The van der Waals surface area contributed by atoms with Crippen LogP contribution in [0, 0.1) is 11.3 Å². The quantitative estimate of drug-likeness (QED) is 0.409. The fraction of sp³-hybridized carbons (Fsp3) is 0.308. The molecule has 1 saturated carbocycles. The lowest BCUT2D eigenvalue weighted by atomic mass is 9.94. The van der Waals surface area contributed by atoms with E-state index in [0.29, 0.717) is 41.9 Å². The minimum atomic E-state index is -2.95. The highest BCUT2D eigenvalue weighted by atomic mass is 19.3. The van der Waals surface area contributed by atoms with Crippen LogP contribution in [0.3, 0.4) is 0 Å². The van der Waals surface area contributed by atoms with Crippen LogP contribution in [0.2, 0.25) is 0 Å². The molecule has 1 saturated heterocycles. The van der Waals surface area contributed by atoms with Crippen molar-refractivity contribution in [3.8, 4) is 16.9 Å². The standard InChI is InChI=1S/C26H23F2N5O4/c1-31-22(34)18-7-6-15(8-20(18)33(31)12-16-4-2-3-5-21(16)37-24(27)28)17-10-29-25(30-11-17)32-13-26(14-32)9-19(26)23(35)36/h2-8,10-11,19,24H,9,12-14H2,1H3,(H,35,36). The normalized spacial score (nSPS) is 17.8. The summed E-state index contributed by atoms with van der Waals surface area (Å²) in [6.07, 6.45) is 4.11. The monoisotopic (exact) mass is 507 g/mol. The third-order valence-corrected chi connectivity index (χ3v) is 7.42. The van der Waals surface area contributed by atoms with Gasteiger partial charge in [-0.2, -0.15) is 8.78 Å². The van der Waals surface area contributed by atoms with Gasteiger partial charge in [0.05, 0.1) is 23.4 Å². The van der Waals surface area contributed by atoms with Crippen molar-refractivity contribution in [3.63, 3.8) is 0 Å². The van der Waals surface area contributed by atoms with Gasteiger partial charge in [0.25, 0.3) is 5.56 Å². The van der Waals surface area contributed by atoms with E-state index in [1.807, 2.05) is 17.0 Å². The molecule has 2 aromatic heterocycles. The van der Waals surface area contributed by atoms with Crippen molar-refractivity contribution in [2.45, 2.75) is 19.6 Å². The number of rotatable bonds is 7. The maximum Gasteiger partial charge on any atom is 0.387 e. The Hall–Kier alpha value is -4.28. The minimum absolute atomic E-state index is 0.0561. The SMILES string of the molecule is Cn1c(=O)c2ccc(-c3cnc(N4CC5(CC5C(=O)O)C4)nc3)cc2n1Cc1ccccc1OC(F)F. The first-order valence-corrected chi connectivity index (χ1v) is 11.8. The zero-order chi connectivity index (χ0) is 25.9. The zero-order valence-electron chi connectivity index (χ0n) is 19.8. The molecule has 1 aliphatic carbocycles. The van der Waals surface area contributed by atoms with Gasteiger partial charge in [0, 0.05) is 49.1 Å². The molecule has 11 heteroatoms. The largest absolute Gasteiger partial charge is 0.481 e. The average Bonchev–Trinajstić information content (AvgIpc) is 3.58. The van der Waals surface area contributed by atoms with Crippen LogP contribution in [0.5, 0.6) is 5.75 Å². The van der Waals surface area contributed by atoms with E-state index < -0.39 is 12.6 Å². The van der Waals surface area contributed by atoms with Gasteiger partial charge in [-0.25, -0.2) is 9.97 Å². The highest BCUT2D eigenvalue weighted by Gasteiger charge is 2.65. The van der Waals surface area contributed by atoms with Crippen molar-refractivity contribution in [2.75, 3.05) is 18.0 Å². The Labute approximate surface area is 209 Å². The van der Waals surface area contributed by atoms with Crippen molar-refractivity contribution in [2.24, 2.45) is 18.4 Å². The van der Waals surface area contributed by atoms with Gasteiger partial charge in [-0.15, -0.1) is 0 Å². The Morgan fingerprint density at radius 2 is 1.89 bits per heavy atom. The molecule has 1 N–H and O–H groups in total. The number of carboxylic acids is 1. The van der Waals surface area contributed by atoms with Gasteiger partial charge in [0.2, 0.25) is 5.95 Å². The Morgan fingerprint density at radius 1 is 1.16 bits per heavy atom. The molecule has 0 bridgehead atoms. The minimum Gasteiger partial charge on any atom is -0.481 e. The molecule has 3 heterocycles. The number of fused-ring (bicyclic) bond motifs is 1. The van der Waals surface area contributed by atoms with Crippen LogP contribution < -0.4 is 15.2 Å². The first-order chi connectivity index (χ1) is 17.8. The number of carbonyl (C=O) groups is 1.